The Morgan fingerprint density at radius 3 is 2.35 bits per heavy atom. The molecule has 4 N–H and O–H groups in total. The lowest BCUT2D eigenvalue weighted by Crippen LogP contribution is -2.51. The second-order valence-corrected chi connectivity index (χ2v) is 17.4. The number of sulfonamides is 2. The van der Waals surface area contributed by atoms with Crippen LogP contribution < -0.4 is 19.9 Å². The maximum absolute atomic E-state index is 13.8. The van der Waals surface area contributed by atoms with Gasteiger partial charge in [-0.25, -0.2) is 21.6 Å². The van der Waals surface area contributed by atoms with Gasteiger partial charge in [-0.3, -0.25) is 14.6 Å². The molecule has 0 spiro atoms. The lowest BCUT2D eigenvalue weighted by atomic mass is 9.94. The average Bonchev–Trinajstić information content (AvgIpc) is 3.43. The van der Waals surface area contributed by atoms with Crippen molar-refractivity contribution in [2.24, 2.45) is 16.6 Å². The van der Waals surface area contributed by atoms with E-state index in [2.05, 4.69) is 14.4 Å². The summed E-state index contributed by atoms with van der Waals surface area (Å²) in [7, 11) is -8.25. The van der Waals surface area contributed by atoms with Crippen LogP contribution in [0.1, 0.15) is 68.7 Å². The Labute approximate surface area is 306 Å². The van der Waals surface area contributed by atoms with Crippen LogP contribution in [-0.4, -0.2) is 77.5 Å². The first-order chi connectivity index (χ1) is 24.4. The van der Waals surface area contributed by atoms with Crippen LogP contribution in [-0.2, 0) is 40.8 Å². The Kier molecular flexibility index (Phi) is 11.6. The molecule has 1 atom stereocenters. The number of fused-ring (bicyclic) bond motifs is 2. The summed E-state index contributed by atoms with van der Waals surface area (Å²) in [5.41, 5.74) is 8.36. The van der Waals surface area contributed by atoms with E-state index in [1.165, 1.54) is 6.07 Å². The van der Waals surface area contributed by atoms with Crippen molar-refractivity contribution in [2.75, 3.05) is 26.2 Å². The maximum Gasteiger partial charge on any atom is 0.309 e. The first-order valence-corrected chi connectivity index (χ1v) is 20.5. The molecule has 15 heteroatoms. The normalized spacial score (nSPS) is 17.0. The molecule has 3 aromatic carbocycles. The fourth-order valence-electron chi connectivity index (χ4n) is 7.00. The standard InChI is InChI=1S/C37H49N5O8S2/c1-7-49-35(44)27-16-19-42(20-17-27)34(43)31(40-51(45,46)29-15-14-26-11-8-9-12-28(26)21-29)13-10-18-39-36(38)41-52(47,48)33-24(3)23(2)32-30(25(33)4)22-37(5,6)50-32/h8-9,11-12,14-15,21,27,31,40H,7,10,13,16-20,22H2,1-6H3,(H3,38,39,41)/t31-/m0/s1. The minimum atomic E-state index is -4.13. The first-order valence-electron chi connectivity index (χ1n) is 17.5. The summed E-state index contributed by atoms with van der Waals surface area (Å²) in [4.78, 5) is 32.0. The molecule has 2 aliphatic heterocycles. The third-order valence-electron chi connectivity index (χ3n) is 9.79. The lowest BCUT2D eigenvalue weighted by molar-refractivity contribution is -0.151. The summed E-state index contributed by atoms with van der Waals surface area (Å²) in [5, 5.41) is 1.61. The molecule has 1 amide bonds. The molecule has 1 saturated heterocycles. The van der Waals surface area contributed by atoms with Gasteiger partial charge in [-0.05, 0) is 107 Å². The number of nitrogens with zero attached hydrogens (tertiary/aromatic N) is 2. The number of likely N-dealkylation sites (tertiary alicyclic amines) is 1. The molecule has 1 fully saturated rings. The topological polar surface area (TPSA) is 187 Å². The van der Waals surface area contributed by atoms with E-state index in [0.29, 0.717) is 36.1 Å². The minimum absolute atomic E-state index is 0.0178. The number of carbonyl (C=O) groups is 2. The smallest absolute Gasteiger partial charge is 0.309 e. The third kappa shape index (κ3) is 8.53. The van der Waals surface area contributed by atoms with Crippen LogP contribution in [0.25, 0.3) is 10.8 Å². The highest BCUT2D eigenvalue weighted by Gasteiger charge is 2.37. The SMILES string of the molecule is CCOC(=O)C1CCN(C(=O)[C@H](CCCN=C(N)NS(=O)(=O)c2c(C)c(C)c3c(c2C)CC(C)(C)O3)NS(=O)(=O)c2ccc3ccccc3c2)CC1. The van der Waals surface area contributed by atoms with E-state index in [0.717, 1.165) is 21.9 Å². The molecule has 2 heterocycles. The molecular weight excluding hydrogens is 707 g/mol. The highest BCUT2D eigenvalue weighted by atomic mass is 32.2. The molecule has 0 radical (unpaired) electrons. The van der Waals surface area contributed by atoms with Crippen molar-refractivity contribution in [3.8, 4) is 5.75 Å². The molecule has 13 nitrogen and oxygen atoms in total. The van der Waals surface area contributed by atoms with Crippen molar-refractivity contribution in [2.45, 2.75) is 95.1 Å². The van der Waals surface area contributed by atoms with Crippen LogP contribution in [0.4, 0.5) is 0 Å². The van der Waals surface area contributed by atoms with Crippen molar-refractivity contribution in [1.82, 2.24) is 14.3 Å². The number of ether oxygens (including phenoxy) is 2. The Morgan fingerprint density at radius 2 is 1.67 bits per heavy atom. The zero-order chi connectivity index (χ0) is 38.0. The van der Waals surface area contributed by atoms with Gasteiger partial charge in [0.15, 0.2) is 0 Å². The monoisotopic (exact) mass is 755 g/mol. The molecule has 282 valence electrons. The zero-order valence-electron chi connectivity index (χ0n) is 30.6. The fraction of sp³-hybridized carbons (Fsp3) is 0.486. The highest BCUT2D eigenvalue weighted by Crippen LogP contribution is 2.43. The summed E-state index contributed by atoms with van der Waals surface area (Å²) < 4.78 is 70.7. The van der Waals surface area contributed by atoms with Crippen molar-refractivity contribution < 1.29 is 35.9 Å². The van der Waals surface area contributed by atoms with Crippen LogP contribution in [0, 0.1) is 26.7 Å². The van der Waals surface area contributed by atoms with Gasteiger partial charge in [0.2, 0.25) is 21.9 Å². The first kappa shape index (κ1) is 39.0. The molecule has 0 bridgehead atoms. The Bertz CT molecular complexity index is 2110. The second-order valence-electron chi connectivity index (χ2n) is 14.1. The van der Waals surface area contributed by atoms with Gasteiger partial charge in [0.1, 0.15) is 17.4 Å². The number of rotatable bonds is 12. The molecule has 0 saturated carbocycles. The van der Waals surface area contributed by atoms with Crippen molar-refractivity contribution in [1.29, 1.82) is 0 Å². The molecule has 3 aromatic rings. The van der Waals surface area contributed by atoms with Crippen LogP contribution in [0.2, 0.25) is 0 Å². The number of amides is 1. The van der Waals surface area contributed by atoms with E-state index in [1.54, 1.807) is 37.8 Å². The third-order valence-corrected chi connectivity index (χ3v) is 12.9. The Morgan fingerprint density at radius 1 is 1.00 bits per heavy atom. The summed E-state index contributed by atoms with van der Waals surface area (Å²) in [6.45, 7) is 11.8. The number of esters is 1. The number of nitrogens with two attached hydrogens (primary N) is 1. The summed E-state index contributed by atoms with van der Waals surface area (Å²) in [5.74, 6) is -0.664. The number of hydrogen-bond donors (Lipinski definition) is 3. The van der Waals surface area contributed by atoms with Crippen LogP contribution in [0.15, 0.2) is 57.2 Å². The van der Waals surface area contributed by atoms with Gasteiger partial charge >= 0.3 is 5.97 Å². The van der Waals surface area contributed by atoms with E-state index >= 15 is 0 Å². The molecule has 52 heavy (non-hydrogen) atoms. The Balaban J connectivity index is 1.30. The predicted molar refractivity (Wildman–Crippen MR) is 199 cm³/mol. The van der Waals surface area contributed by atoms with Gasteiger partial charge in [-0.1, -0.05) is 30.3 Å². The summed E-state index contributed by atoms with van der Waals surface area (Å²) >= 11 is 0. The van der Waals surface area contributed by atoms with E-state index < -0.39 is 37.6 Å². The van der Waals surface area contributed by atoms with E-state index in [4.69, 9.17) is 15.2 Å². The average molecular weight is 756 g/mol. The van der Waals surface area contributed by atoms with Gasteiger partial charge in [-0.2, -0.15) is 4.72 Å². The lowest BCUT2D eigenvalue weighted by Gasteiger charge is -2.33. The zero-order valence-corrected chi connectivity index (χ0v) is 32.2. The summed E-state index contributed by atoms with van der Waals surface area (Å²) in [6.07, 6.45) is 1.65. The van der Waals surface area contributed by atoms with Gasteiger partial charge in [0.05, 0.1) is 22.3 Å². The number of guanidine groups is 1. The van der Waals surface area contributed by atoms with Crippen molar-refractivity contribution >= 4 is 48.7 Å². The quantitative estimate of drug-likeness (QED) is 0.106. The number of aliphatic imine (C=N–C) groups is 1. The molecular formula is C37H49N5O8S2. The number of nitrogens with one attached hydrogen (secondary N) is 2. The van der Waals surface area contributed by atoms with Gasteiger partial charge < -0.3 is 20.1 Å². The molecule has 0 unspecified atom stereocenters. The van der Waals surface area contributed by atoms with Crippen molar-refractivity contribution in [3.63, 3.8) is 0 Å². The van der Waals surface area contributed by atoms with Crippen molar-refractivity contribution in [3.05, 3.63) is 64.7 Å². The van der Waals surface area contributed by atoms with Crippen LogP contribution in [0.5, 0.6) is 5.75 Å². The Hall–Kier alpha value is -4.21. The maximum atomic E-state index is 13.8. The fourth-order valence-corrected chi connectivity index (χ4v) is 9.79. The highest BCUT2D eigenvalue weighted by molar-refractivity contribution is 7.90. The molecule has 5 rings (SSSR count). The minimum Gasteiger partial charge on any atom is -0.487 e. The van der Waals surface area contributed by atoms with E-state index in [1.807, 2.05) is 45.0 Å². The summed E-state index contributed by atoms with van der Waals surface area (Å²) in [6, 6.07) is 11.0. The number of carbonyl (C=O) groups excluding carboxylic acids is 2. The molecule has 0 aromatic heterocycles. The number of piperidine rings is 1. The van der Waals surface area contributed by atoms with Crippen LogP contribution >= 0.6 is 0 Å². The number of hydrogen-bond acceptors (Lipinski definition) is 9. The van der Waals surface area contributed by atoms with Gasteiger partial charge in [-0.15, -0.1) is 0 Å². The molecule has 0 aliphatic carbocycles. The second kappa shape index (κ2) is 15.4. The predicted octanol–water partition coefficient (Wildman–Crippen LogP) is 4.00. The van der Waals surface area contributed by atoms with E-state index in [9.17, 15) is 26.4 Å². The van der Waals surface area contributed by atoms with Gasteiger partial charge in [0, 0.05) is 31.6 Å². The largest absolute Gasteiger partial charge is 0.487 e. The van der Waals surface area contributed by atoms with E-state index in [-0.39, 0.29) is 66.7 Å². The van der Waals surface area contributed by atoms with Gasteiger partial charge in [0.25, 0.3) is 10.0 Å². The number of benzene rings is 3. The van der Waals surface area contributed by atoms with Crippen LogP contribution in [0.3, 0.4) is 0 Å². The molecule has 2 aliphatic rings.